The number of rotatable bonds is 4. The summed E-state index contributed by atoms with van der Waals surface area (Å²) in [6.45, 7) is 6.09. The molecule has 0 saturated heterocycles. The molecule has 0 aliphatic carbocycles. The minimum Gasteiger partial charge on any atom is -0.348 e. The monoisotopic (exact) mass is 163 g/mol. The molecule has 0 aromatic rings. The van der Waals surface area contributed by atoms with Gasteiger partial charge >= 0.3 is 0 Å². The molecule has 0 amide bonds. The molecule has 0 aliphatic heterocycles. The van der Waals surface area contributed by atoms with Crippen molar-refractivity contribution >= 4 is 0 Å². The summed E-state index contributed by atoms with van der Waals surface area (Å²) in [6, 6.07) is 0. The molecule has 0 N–H and O–H groups in total. The van der Waals surface area contributed by atoms with E-state index in [0.29, 0.717) is 0 Å². The highest BCUT2D eigenvalue weighted by Crippen LogP contribution is 2.06. The third kappa shape index (κ3) is 7.74. The molecule has 0 aliphatic rings. The van der Waals surface area contributed by atoms with Crippen LogP contribution >= 0.6 is 0 Å². The van der Waals surface area contributed by atoms with Crippen LogP contribution in [0.1, 0.15) is 20.8 Å². The second kappa shape index (κ2) is 4.66. The molecule has 0 spiro atoms. The van der Waals surface area contributed by atoms with Crippen molar-refractivity contribution < 1.29 is 14.4 Å². The van der Waals surface area contributed by atoms with Gasteiger partial charge in [0.15, 0.2) is 6.79 Å². The second-order valence-electron chi connectivity index (χ2n) is 3.13. The van der Waals surface area contributed by atoms with Gasteiger partial charge in [0, 0.05) is 7.05 Å². The summed E-state index contributed by atoms with van der Waals surface area (Å²) < 4.78 is 5.26. The average Bonchev–Trinajstić information content (AvgIpc) is 1.85. The Balaban J connectivity index is 3.28. The highest BCUT2D eigenvalue weighted by molar-refractivity contribution is 4.56. The maximum atomic E-state index is 5.26. The van der Waals surface area contributed by atoms with Crippen molar-refractivity contribution in [2.75, 3.05) is 21.0 Å². The first-order valence-corrected chi connectivity index (χ1v) is 3.50. The predicted molar refractivity (Wildman–Crippen MR) is 41.6 cm³/mol. The number of hydrogen-bond donors (Lipinski definition) is 0. The van der Waals surface area contributed by atoms with Gasteiger partial charge < -0.3 is 4.74 Å². The maximum absolute atomic E-state index is 5.26. The third-order valence-corrected chi connectivity index (χ3v) is 0.984. The van der Waals surface area contributed by atoms with Crippen LogP contribution in [-0.2, 0) is 14.4 Å². The molecule has 0 saturated carbocycles. The van der Waals surface area contributed by atoms with Gasteiger partial charge in [-0.05, 0) is 20.8 Å². The van der Waals surface area contributed by atoms with E-state index in [2.05, 4.69) is 0 Å². The van der Waals surface area contributed by atoms with Crippen molar-refractivity contribution in [2.24, 2.45) is 0 Å². The van der Waals surface area contributed by atoms with E-state index in [0.717, 1.165) is 0 Å². The van der Waals surface area contributed by atoms with Gasteiger partial charge in [0.25, 0.3) is 0 Å². The largest absolute Gasteiger partial charge is 0.348 e. The van der Waals surface area contributed by atoms with E-state index in [1.807, 2.05) is 20.8 Å². The Kier molecular flexibility index (Phi) is 4.60. The number of ether oxygens (including phenoxy) is 1. The Labute approximate surface area is 67.9 Å². The molecule has 0 aromatic heterocycles. The minimum absolute atomic E-state index is 0.172. The van der Waals surface area contributed by atoms with Crippen LogP contribution in [0.15, 0.2) is 0 Å². The van der Waals surface area contributed by atoms with E-state index in [-0.39, 0.29) is 12.4 Å². The summed E-state index contributed by atoms with van der Waals surface area (Å²) in [5.41, 5.74) is -0.172. The van der Waals surface area contributed by atoms with Crippen molar-refractivity contribution in [3.8, 4) is 0 Å². The van der Waals surface area contributed by atoms with Gasteiger partial charge in [0.05, 0.1) is 12.7 Å². The van der Waals surface area contributed by atoms with E-state index in [1.54, 1.807) is 7.05 Å². The van der Waals surface area contributed by atoms with Crippen LogP contribution in [0.5, 0.6) is 0 Å². The lowest BCUT2D eigenvalue weighted by Crippen LogP contribution is -2.25. The SMILES string of the molecule is CON(C)OCOC(C)(C)C. The van der Waals surface area contributed by atoms with Crippen molar-refractivity contribution in [1.82, 2.24) is 5.23 Å². The van der Waals surface area contributed by atoms with Crippen molar-refractivity contribution in [3.63, 3.8) is 0 Å². The van der Waals surface area contributed by atoms with E-state index in [1.165, 1.54) is 12.3 Å². The molecular weight excluding hydrogens is 146 g/mol. The molecule has 0 aromatic carbocycles. The van der Waals surface area contributed by atoms with Crippen LogP contribution in [0, 0.1) is 0 Å². The quantitative estimate of drug-likeness (QED) is 0.460. The van der Waals surface area contributed by atoms with Crippen LogP contribution in [-0.4, -0.2) is 31.8 Å². The predicted octanol–water partition coefficient (Wildman–Crippen LogP) is 1.18. The first-order valence-electron chi connectivity index (χ1n) is 3.50. The van der Waals surface area contributed by atoms with Gasteiger partial charge in [-0.1, -0.05) is 5.23 Å². The van der Waals surface area contributed by atoms with Crippen LogP contribution in [0.2, 0.25) is 0 Å². The molecule has 0 radical (unpaired) electrons. The van der Waals surface area contributed by atoms with E-state index in [9.17, 15) is 0 Å². The van der Waals surface area contributed by atoms with Crippen molar-refractivity contribution in [3.05, 3.63) is 0 Å². The Morgan fingerprint density at radius 1 is 1.27 bits per heavy atom. The summed E-state index contributed by atoms with van der Waals surface area (Å²) in [7, 11) is 3.18. The Morgan fingerprint density at radius 2 is 1.82 bits per heavy atom. The summed E-state index contributed by atoms with van der Waals surface area (Å²) in [5.74, 6) is 0. The van der Waals surface area contributed by atoms with Gasteiger partial charge in [0.2, 0.25) is 0 Å². The Bertz CT molecular complexity index is 100. The normalized spacial score (nSPS) is 12.5. The van der Waals surface area contributed by atoms with Gasteiger partial charge in [-0.3, -0.25) is 4.84 Å². The van der Waals surface area contributed by atoms with Gasteiger partial charge in [-0.15, -0.1) is 0 Å². The molecule has 0 rings (SSSR count). The van der Waals surface area contributed by atoms with Crippen LogP contribution in [0.4, 0.5) is 0 Å². The zero-order valence-corrected chi connectivity index (χ0v) is 7.88. The highest BCUT2D eigenvalue weighted by atomic mass is 17.0. The lowest BCUT2D eigenvalue weighted by atomic mass is 10.2. The van der Waals surface area contributed by atoms with Crippen LogP contribution in [0.25, 0.3) is 0 Å². The van der Waals surface area contributed by atoms with Gasteiger partial charge in [0.1, 0.15) is 0 Å². The van der Waals surface area contributed by atoms with Gasteiger partial charge in [-0.2, -0.15) is 0 Å². The van der Waals surface area contributed by atoms with Crippen molar-refractivity contribution in [1.29, 1.82) is 0 Å². The summed E-state index contributed by atoms with van der Waals surface area (Å²) in [4.78, 5) is 9.65. The van der Waals surface area contributed by atoms with E-state index < -0.39 is 0 Å². The molecule has 11 heavy (non-hydrogen) atoms. The Hall–Kier alpha value is -0.160. The molecule has 0 fully saturated rings. The van der Waals surface area contributed by atoms with E-state index >= 15 is 0 Å². The first kappa shape index (κ1) is 10.8. The van der Waals surface area contributed by atoms with Crippen molar-refractivity contribution in [2.45, 2.75) is 26.4 Å². The minimum atomic E-state index is -0.172. The standard InChI is InChI=1S/C7H17NO3/c1-7(2,3)10-6-11-8(4)9-5/h6H2,1-5H3. The third-order valence-electron chi connectivity index (χ3n) is 0.984. The molecule has 0 atom stereocenters. The Morgan fingerprint density at radius 3 is 2.18 bits per heavy atom. The lowest BCUT2D eigenvalue weighted by molar-refractivity contribution is -0.373. The highest BCUT2D eigenvalue weighted by Gasteiger charge is 2.09. The smallest absolute Gasteiger partial charge is 0.170 e. The van der Waals surface area contributed by atoms with Gasteiger partial charge in [-0.25, -0.2) is 4.84 Å². The van der Waals surface area contributed by atoms with Crippen LogP contribution in [0.3, 0.4) is 0 Å². The molecule has 4 nitrogen and oxygen atoms in total. The van der Waals surface area contributed by atoms with Crippen LogP contribution < -0.4 is 0 Å². The molecule has 0 unspecified atom stereocenters. The maximum Gasteiger partial charge on any atom is 0.170 e. The molecule has 4 heteroatoms. The molecule has 0 heterocycles. The zero-order chi connectivity index (χ0) is 8.91. The second-order valence-corrected chi connectivity index (χ2v) is 3.13. The first-order chi connectivity index (χ1) is 4.95. The summed E-state index contributed by atoms with van der Waals surface area (Å²) >= 11 is 0. The summed E-state index contributed by atoms with van der Waals surface area (Å²) in [5, 5.41) is 1.24. The molecule has 68 valence electrons. The van der Waals surface area contributed by atoms with E-state index in [4.69, 9.17) is 14.4 Å². The number of nitrogens with zero attached hydrogens (tertiary/aromatic N) is 1. The number of hydrogen-bond acceptors (Lipinski definition) is 4. The fourth-order valence-corrected chi connectivity index (χ4v) is 0.330. The molecular formula is C7H17NO3. The average molecular weight is 163 g/mol. The topological polar surface area (TPSA) is 30.9 Å². The zero-order valence-electron chi connectivity index (χ0n) is 7.88. The number of hydroxylamine groups is 2. The molecule has 0 bridgehead atoms. The fraction of sp³-hybridized carbons (Fsp3) is 1.00. The summed E-state index contributed by atoms with van der Waals surface area (Å²) in [6.07, 6.45) is 0. The fourth-order valence-electron chi connectivity index (χ4n) is 0.330. The lowest BCUT2D eigenvalue weighted by Gasteiger charge is -2.21.